The summed E-state index contributed by atoms with van der Waals surface area (Å²) in [6.07, 6.45) is 5.91. The highest BCUT2D eigenvalue weighted by molar-refractivity contribution is 7.09. The molecule has 0 bridgehead atoms. The third-order valence-electron chi connectivity index (χ3n) is 4.41. The first-order valence-corrected chi connectivity index (χ1v) is 9.21. The van der Waals surface area contributed by atoms with Crippen LogP contribution in [0, 0.1) is 0 Å². The van der Waals surface area contributed by atoms with Crippen molar-refractivity contribution in [3.63, 3.8) is 0 Å². The molecule has 128 valence electrons. The monoisotopic (exact) mass is 345 g/mol. The van der Waals surface area contributed by atoms with E-state index in [2.05, 4.69) is 27.8 Å². The number of ether oxygens (including phenoxy) is 1. The molecule has 2 aromatic rings. The maximum absolute atomic E-state index is 12.0. The summed E-state index contributed by atoms with van der Waals surface area (Å²) in [6, 6.07) is 6.16. The van der Waals surface area contributed by atoms with E-state index in [0.717, 1.165) is 36.4 Å². The van der Waals surface area contributed by atoms with Crippen LogP contribution >= 0.6 is 11.3 Å². The Morgan fingerprint density at radius 2 is 2.33 bits per heavy atom. The van der Waals surface area contributed by atoms with Crippen molar-refractivity contribution in [2.24, 2.45) is 0 Å². The van der Waals surface area contributed by atoms with Gasteiger partial charge >= 0.3 is 6.03 Å². The number of aryl methyl sites for hydroxylation is 1. The van der Waals surface area contributed by atoms with Crippen LogP contribution in [-0.2, 0) is 12.8 Å². The third kappa shape index (κ3) is 4.26. The number of nitrogens with zero attached hydrogens (tertiary/aromatic N) is 1. The van der Waals surface area contributed by atoms with E-state index in [1.165, 1.54) is 11.1 Å². The fourth-order valence-electron chi connectivity index (χ4n) is 3.17. The topological polar surface area (TPSA) is 63.2 Å². The largest absolute Gasteiger partial charge is 0.497 e. The van der Waals surface area contributed by atoms with Crippen LogP contribution in [0.5, 0.6) is 5.75 Å². The first-order chi connectivity index (χ1) is 11.8. The van der Waals surface area contributed by atoms with Crippen molar-refractivity contribution < 1.29 is 9.53 Å². The SMILES string of the molecule is COc1ccc2c(c1)CCC[C@@H]2CNC(=O)NCCc1nccs1. The smallest absolute Gasteiger partial charge is 0.314 e. The van der Waals surface area contributed by atoms with Crippen LogP contribution in [0.1, 0.15) is 34.9 Å². The van der Waals surface area contributed by atoms with Gasteiger partial charge < -0.3 is 15.4 Å². The molecular formula is C18H23N3O2S. The number of carbonyl (C=O) groups is 1. The van der Waals surface area contributed by atoms with Crippen LogP contribution in [0.2, 0.25) is 0 Å². The lowest BCUT2D eigenvalue weighted by Crippen LogP contribution is -2.39. The molecule has 1 aromatic heterocycles. The van der Waals surface area contributed by atoms with E-state index in [-0.39, 0.29) is 6.03 Å². The van der Waals surface area contributed by atoms with Gasteiger partial charge in [-0.05, 0) is 42.5 Å². The molecule has 0 spiro atoms. The Kier molecular flexibility index (Phi) is 5.69. The van der Waals surface area contributed by atoms with Crippen molar-refractivity contribution in [1.29, 1.82) is 0 Å². The summed E-state index contributed by atoms with van der Waals surface area (Å²) in [6.45, 7) is 1.28. The van der Waals surface area contributed by atoms with Crippen LogP contribution < -0.4 is 15.4 Å². The van der Waals surface area contributed by atoms with Gasteiger partial charge in [0.05, 0.1) is 12.1 Å². The number of hydrogen-bond acceptors (Lipinski definition) is 4. The second-order valence-electron chi connectivity index (χ2n) is 5.97. The number of benzene rings is 1. The van der Waals surface area contributed by atoms with Crippen molar-refractivity contribution in [2.75, 3.05) is 20.2 Å². The summed E-state index contributed by atoms with van der Waals surface area (Å²) in [5.41, 5.74) is 2.68. The maximum Gasteiger partial charge on any atom is 0.314 e. The highest BCUT2D eigenvalue weighted by atomic mass is 32.1. The van der Waals surface area contributed by atoms with Crippen LogP contribution in [0.15, 0.2) is 29.8 Å². The highest BCUT2D eigenvalue weighted by Gasteiger charge is 2.21. The second kappa shape index (κ2) is 8.15. The normalized spacial score (nSPS) is 16.3. The third-order valence-corrected chi connectivity index (χ3v) is 5.24. The average molecular weight is 345 g/mol. The Morgan fingerprint density at radius 1 is 1.42 bits per heavy atom. The summed E-state index contributed by atoms with van der Waals surface area (Å²) in [4.78, 5) is 16.2. The fourth-order valence-corrected chi connectivity index (χ4v) is 3.79. The Labute approximate surface area is 146 Å². The Hall–Kier alpha value is -2.08. The maximum atomic E-state index is 12.0. The number of hydrogen-bond donors (Lipinski definition) is 2. The predicted molar refractivity (Wildman–Crippen MR) is 95.9 cm³/mol. The summed E-state index contributed by atoms with van der Waals surface area (Å²) >= 11 is 1.61. The molecule has 0 unspecified atom stereocenters. The summed E-state index contributed by atoms with van der Waals surface area (Å²) in [7, 11) is 1.69. The number of rotatable bonds is 6. The Balaban J connectivity index is 1.47. The molecular weight excluding hydrogens is 322 g/mol. The van der Waals surface area contributed by atoms with Gasteiger partial charge in [-0.3, -0.25) is 0 Å². The molecule has 3 rings (SSSR count). The van der Waals surface area contributed by atoms with Gasteiger partial charge in [-0.1, -0.05) is 6.07 Å². The molecule has 1 aliphatic carbocycles. The van der Waals surface area contributed by atoms with Crippen molar-refractivity contribution >= 4 is 17.4 Å². The van der Waals surface area contributed by atoms with E-state index in [4.69, 9.17) is 4.74 Å². The van der Waals surface area contributed by atoms with E-state index < -0.39 is 0 Å². The molecule has 6 heteroatoms. The molecule has 5 nitrogen and oxygen atoms in total. The first kappa shape index (κ1) is 16.8. The lowest BCUT2D eigenvalue weighted by Gasteiger charge is -2.26. The zero-order valence-corrected chi connectivity index (χ0v) is 14.7. The van der Waals surface area contributed by atoms with Gasteiger partial charge in [-0.2, -0.15) is 0 Å². The predicted octanol–water partition coefficient (Wildman–Crippen LogP) is 3.11. The van der Waals surface area contributed by atoms with E-state index in [1.807, 2.05) is 11.4 Å². The molecule has 0 radical (unpaired) electrons. The van der Waals surface area contributed by atoms with Gasteiger partial charge in [-0.25, -0.2) is 9.78 Å². The molecule has 1 atom stereocenters. The first-order valence-electron chi connectivity index (χ1n) is 8.33. The molecule has 1 aliphatic rings. The Morgan fingerprint density at radius 3 is 3.12 bits per heavy atom. The quantitative estimate of drug-likeness (QED) is 0.845. The van der Waals surface area contributed by atoms with Crippen molar-refractivity contribution in [1.82, 2.24) is 15.6 Å². The van der Waals surface area contributed by atoms with E-state index in [9.17, 15) is 4.79 Å². The van der Waals surface area contributed by atoms with Crippen molar-refractivity contribution in [3.05, 3.63) is 45.9 Å². The summed E-state index contributed by atoms with van der Waals surface area (Å²) < 4.78 is 5.30. The zero-order valence-electron chi connectivity index (χ0n) is 13.9. The standard InChI is InChI=1S/C18H23N3O2S/c1-23-15-5-6-16-13(11-15)3-2-4-14(16)12-21-18(22)20-8-7-17-19-9-10-24-17/h5-6,9-11,14H,2-4,7-8,12H2,1H3,(H2,20,21,22)/t14-/m1/s1. The lowest BCUT2D eigenvalue weighted by molar-refractivity contribution is 0.240. The van der Waals surface area contributed by atoms with Gasteiger partial charge in [0.25, 0.3) is 0 Å². The van der Waals surface area contributed by atoms with Crippen LogP contribution in [0.3, 0.4) is 0 Å². The van der Waals surface area contributed by atoms with Gasteiger partial charge in [0, 0.05) is 37.0 Å². The number of urea groups is 1. The van der Waals surface area contributed by atoms with Crippen LogP contribution in [0.25, 0.3) is 0 Å². The van der Waals surface area contributed by atoms with Crippen LogP contribution in [0.4, 0.5) is 4.79 Å². The molecule has 0 saturated heterocycles. The summed E-state index contributed by atoms with van der Waals surface area (Å²) in [5.74, 6) is 1.28. The number of amides is 2. The number of fused-ring (bicyclic) bond motifs is 1. The minimum absolute atomic E-state index is 0.104. The average Bonchev–Trinajstić information content (AvgIpc) is 3.12. The molecule has 1 heterocycles. The van der Waals surface area contributed by atoms with E-state index >= 15 is 0 Å². The number of carbonyl (C=O) groups excluding carboxylic acids is 1. The Bertz CT molecular complexity index is 673. The van der Waals surface area contributed by atoms with Gasteiger partial charge in [0.2, 0.25) is 0 Å². The molecule has 0 aliphatic heterocycles. The molecule has 24 heavy (non-hydrogen) atoms. The van der Waals surface area contributed by atoms with Gasteiger partial charge in [0.1, 0.15) is 5.75 Å². The number of thiazole rings is 1. The minimum Gasteiger partial charge on any atom is -0.497 e. The number of nitrogens with one attached hydrogen (secondary N) is 2. The van der Waals surface area contributed by atoms with E-state index in [1.54, 1.807) is 24.6 Å². The molecule has 1 aromatic carbocycles. The minimum atomic E-state index is -0.104. The zero-order chi connectivity index (χ0) is 16.8. The molecule has 0 saturated carbocycles. The van der Waals surface area contributed by atoms with Crippen molar-refractivity contribution in [3.8, 4) is 5.75 Å². The molecule has 2 N–H and O–H groups in total. The fraction of sp³-hybridized carbons (Fsp3) is 0.444. The number of aromatic nitrogens is 1. The molecule has 2 amide bonds. The lowest BCUT2D eigenvalue weighted by atomic mass is 9.82. The van der Waals surface area contributed by atoms with Gasteiger partial charge in [0.15, 0.2) is 0 Å². The van der Waals surface area contributed by atoms with E-state index in [0.29, 0.717) is 19.0 Å². The highest BCUT2D eigenvalue weighted by Crippen LogP contribution is 2.33. The van der Waals surface area contributed by atoms with Gasteiger partial charge in [-0.15, -0.1) is 11.3 Å². The van der Waals surface area contributed by atoms with Crippen LogP contribution in [-0.4, -0.2) is 31.2 Å². The summed E-state index contributed by atoms with van der Waals surface area (Å²) in [5, 5.41) is 8.90. The van der Waals surface area contributed by atoms with Crippen molar-refractivity contribution in [2.45, 2.75) is 31.6 Å². The molecule has 0 fully saturated rings. The second-order valence-corrected chi connectivity index (χ2v) is 6.95. The number of methoxy groups -OCH3 is 1.